The molecule has 3 rings (SSSR count). The van der Waals surface area contributed by atoms with Crippen molar-refractivity contribution in [1.82, 2.24) is 4.98 Å². The van der Waals surface area contributed by atoms with E-state index in [-0.39, 0.29) is 17.0 Å². The Morgan fingerprint density at radius 2 is 1.42 bits per heavy atom. The minimum atomic E-state index is -1.17. The van der Waals surface area contributed by atoms with E-state index in [1.54, 1.807) is 36.4 Å². The fourth-order valence-corrected chi connectivity index (χ4v) is 2.22. The summed E-state index contributed by atoms with van der Waals surface area (Å²) in [5, 5.41) is 20.0. The minimum absolute atomic E-state index is 0.116. The number of hydrogen-bond donors (Lipinski definition) is 2. The van der Waals surface area contributed by atoms with Gasteiger partial charge in [0.25, 0.3) is 0 Å². The van der Waals surface area contributed by atoms with E-state index in [9.17, 15) is 15.0 Å². The molecule has 4 nitrogen and oxygen atoms in total. The maximum Gasteiger partial charge on any atom is 0.340 e. The maximum absolute atomic E-state index is 11.4. The van der Waals surface area contributed by atoms with Gasteiger partial charge in [0, 0.05) is 10.9 Å². The zero-order chi connectivity index (χ0) is 18.1. The van der Waals surface area contributed by atoms with Crippen molar-refractivity contribution in [2.24, 2.45) is 0 Å². The lowest BCUT2D eigenvalue weighted by Gasteiger charge is -2.10. The molecule has 0 radical (unpaired) electrons. The van der Waals surface area contributed by atoms with Gasteiger partial charge in [0.05, 0.1) is 5.52 Å². The van der Waals surface area contributed by atoms with Crippen LogP contribution in [-0.4, -0.2) is 21.2 Å². The Morgan fingerprint density at radius 1 is 0.875 bits per heavy atom. The van der Waals surface area contributed by atoms with E-state index in [1.165, 1.54) is 0 Å². The van der Waals surface area contributed by atoms with Crippen molar-refractivity contribution < 1.29 is 15.0 Å². The van der Waals surface area contributed by atoms with E-state index < -0.39 is 5.97 Å². The molecular formula is C20H23NO3. The first kappa shape index (κ1) is 19.2. The average Bonchev–Trinajstić information content (AvgIpc) is 2.65. The van der Waals surface area contributed by atoms with Crippen LogP contribution in [0.1, 0.15) is 38.1 Å². The molecule has 24 heavy (non-hydrogen) atoms. The molecule has 0 unspecified atom stereocenters. The first-order valence-corrected chi connectivity index (χ1v) is 8.09. The normalized spacial score (nSPS) is 9.33. The van der Waals surface area contributed by atoms with Crippen LogP contribution in [-0.2, 0) is 0 Å². The van der Waals surface area contributed by atoms with Crippen LogP contribution in [0.3, 0.4) is 0 Å². The first-order chi connectivity index (χ1) is 11.7. The van der Waals surface area contributed by atoms with Crippen LogP contribution >= 0.6 is 0 Å². The highest BCUT2D eigenvalue weighted by Gasteiger charge is 2.20. The van der Waals surface area contributed by atoms with Crippen molar-refractivity contribution in [2.45, 2.75) is 27.7 Å². The summed E-state index contributed by atoms with van der Waals surface area (Å²) in [6, 6.07) is 15.9. The van der Waals surface area contributed by atoms with Crippen molar-refractivity contribution in [2.75, 3.05) is 0 Å². The molecule has 0 saturated carbocycles. The number of benzene rings is 2. The number of rotatable bonds is 2. The van der Waals surface area contributed by atoms with Crippen molar-refractivity contribution in [1.29, 1.82) is 0 Å². The lowest BCUT2D eigenvalue weighted by molar-refractivity contribution is 0.0696. The summed E-state index contributed by atoms with van der Waals surface area (Å²) in [6.45, 7) is 8.00. The van der Waals surface area contributed by atoms with E-state index >= 15 is 0 Å². The SMILES string of the molecule is CC.CC.O=C(O)c1c(O)c(-c2ccccc2)nc2ccccc12. The Kier molecular flexibility index (Phi) is 7.43. The Hall–Kier alpha value is -2.88. The van der Waals surface area contributed by atoms with Gasteiger partial charge in [-0.3, -0.25) is 0 Å². The molecule has 0 bridgehead atoms. The third-order valence-corrected chi connectivity index (χ3v) is 3.13. The van der Waals surface area contributed by atoms with Crippen LogP contribution < -0.4 is 0 Å². The fourth-order valence-electron chi connectivity index (χ4n) is 2.22. The summed E-state index contributed by atoms with van der Waals surface area (Å²) in [6.07, 6.45) is 0. The molecule has 0 aliphatic rings. The van der Waals surface area contributed by atoms with Gasteiger partial charge in [-0.05, 0) is 6.07 Å². The zero-order valence-corrected chi connectivity index (χ0v) is 14.4. The molecule has 0 spiro atoms. The average molecular weight is 325 g/mol. The Morgan fingerprint density at radius 3 is 2.00 bits per heavy atom. The van der Waals surface area contributed by atoms with Crippen LogP contribution in [0, 0.1) is 0 Å². The van der Waals surface area contributed by atoms with Crippen LogP contribution in [0.25, 0.3) is 22.2 Å². The van der Waals surface area contributed by atoms with Gasteiger partial charge >= 0.3 is 5.97 Å². The molecule has 1 heterocycles. The number of nitrogens with zero attached hydrogens (tertiary/aromatic N) is 1. The number of pyridine rings is 1. The molecule has 2 aromatic carbocycles. The summed E-state index contributed by atoms with van der Waals surface area (Å²) in [5.41, 5.74) is 1.39. The van der Waals surface area contributed by atoms with Crippen LogP contribution in [0.15, 0.2) is 54.6 Å². The first-order valence-electron chi connectivity index (χ1n) is 8.09. The van der Waals surface area contributed by atoms with Crippen LogP contribution in [0.2, 0.25) is 0 Å². The molecule has 0 fully saturated rings. The molecule has 3 aromatic rings. The summed E-state index contributed by atoms with van der Waals surface area (Å²) in [4.78, 5) is 15.8. The Balaban J connectivity index is 0.000000671. The predicted molar refractivity (Wildman–Crippen MR) is 98.5 cm³/mol. The lowest BCUT2D eigenvalue weighted by atomic mass is 10.0. The maximum atomic E-state index is 11.4. The van der Waals surface area contributed by atoms with Crippen molar-refractivity contribution >= 4 is 16.9 Å². The molecule has 0 aliphatic carbocycles. The Bertz CT molecular complexity index is 799. The summed E-state index contributed by atoms with van der Waals surface area (Å²) in [7, 11) is 0. The molecular weight excluding hydrogens is 302 g/mol. The summed E-state index contributed by atoms with van der Waals surface area (Å²) in [5.74, 6) is -1.47. The van der Waals surface area contributed by atoms with Crippen LogP contribution in [0.5, 0.6) is 5.75 Å². The molecule has 1 aromatic heterocycles. The van der Waals surface area contributed by atoms with E-state index in [4.69, 9.17) is 0 Å². The van der Waals surface area contributed by atoms with Gasteiger partial charge in [0.2, 0.25) is 0 Å². The predicted octanol–water partition coefficient (Wildman–Crippen LogP) is 5.36. The molecule has 4 heteroatoms. The second-order valence-corrected chi connectivity index (χ2v) is 4.37. The van der Waals surface area contributed by atoms with Gasteiger partial charge in [-0.15, -0.1) is 0 Å². The molecule has 126 valence electrons. The second-order valence-electron chi connectivity index (χ2n) is 4.37. The van der Waals surface area contributed by atoms with Crippen molar-refractivity contribution in [3.63, 3.8) is 0 Å². The topological polar surface area (TPSA) is 70.4 Å². The van der Waals surface area contributed by atoms with E-state index in [0.717, 1.165) is 0 Å². The molecule has 0 saturated heterocycles. The van der Waals surface area contributed by atoms with Gasteiger partial charge in [-0.25, -0.2) is 9.78 Å². The summed E-state index contributed by atoms with van der Waals surface area (Å²) < 4.78 is 0. The van der Waals surface area contributed by atoms with Gasteiger partial charge in [-0.2, -0.15) is 0 Å². The van der Waals surface area contributed by atoms with E-state index in [2.05, 4.69) is 4.98 Å². The highest BCUT2D eigenvalue weighted by molar-refractivity contribution is 6.07. The molecule has 0 amide bonds. The lowest BCUT2D eigenvalue weighted by Crippen LogP contribution is -2.01. The van der Waals surface area contributed by atoms with E-state index in [0.29, 0.717) is 16.5 Å². The number of fused-ring (bicyclic) bond motifs is 1. The van der Waals surface area contributed by atoms with Crippen molar-refractivity contribution in [3.8, 4) is 17.0 Å². The number of para-hydroxylation sites is 1. The number of aromatic nitrogens is 1. The summed E-state index contributed by atoms with van der Waals surface area (Å²) >= 11 is 0. The Labute approximate surface area is 142 Å². The number of aromatic hydroxyl groups is 1. The quantitative estimate of drug-likeness (QED) is 0.665. The third kappa shape index (κ3) is 3.90. The number of hydrogen-bond acceptors (Lipinski definition) is 3. The third-order valence-electron chi connectivity index (χ3n) is 3.13. The number of carboxylic acids is 1. The van der Waals surface area contributed by atoms with Crippen molar-refractivity contribution in [3.05, 3.63) is 60.2 Å². The molecule has 0 atom stereocenters. The molecule has 2 N–H and O–H groups in total. The smallest absolute Gasteiger partial charge is 0.340 e. The number of carbonyl (C=O) groups is 1. The van der Waals surface area contributed by atoms with Crippen LogP contribution in [0.4, 0.5) is 0 Å². The second kappa shape index (κ2) is 9.30. The standard InChI is InChI=1S/C16H11NO3.2C2H6/c18-15-13(16(19)20)11-8-4-5-9-12(11)17-14(15)10-6-2-1-3-7-10;2*1-2/h1-9,18H,(H,19,20);2*1-2H3. The number of aromatic carboxylic acids is 1. The fraction of sp³-hybridized carbons (Fsp3) is 0.200. The highest BCUT2D eigenvalue weighted by Crippen LogP contribution is 2.35. The number of carboxylic acid groups (broad SMARTS) is 1. The largest absolute Gasteiger partial charge is 0.505 e. The van der Waals surface area contributed by atoms with Gasteiger partial charge < -0.3 is 10.2 Å². The highest BCUT2D eigenvalue weighted by atomic mass is 16.4. The van der Waals surface area contributed by atoms with Gasteiger partial charge in [0.15, 0.2) is 5.75 Å². The van der Waals surface area contributed by atoms with E-state index in [1.807, 2.05) is 45.9 Å². The van der Waals surface area contributed by atoms with Gasteiger partial charge in [-0.1, -0.05) is 76.2 Å². The zero-order valence-electron chi connectivity index (χ0n) is 14.4. The van der Waals surface area contributed by atoms with Gasteiger partial charge in [0.1, 0.15) is 11.3 Å². The molecule has 0 aliphatic heterocycles. The minimum Gasteiger partial charge on any atom is -0.505 e. The monoisotopic (exact) mass is 325 g/mol.